The van der Waals surface area contributed by atoms with Gasteiger partial charge < -0.3 is 14.9 Å². The average molecular weight is 473 g/mol. The maximum absolute atomic E-state index is 12.9. The van der Waals surface area contributed by atoms with Crippen LogP contribution >= 0.6 is 0 Å². The predicted molar refractivity (Wildman–Crippen MR) is 133 cm³/mol. The fourth-order valence-electron chi connectivity index (χ4n) is 4.31. The van der Waals surface area contributed by atoms with E-state index in [-0.39, 0.29) is 12.2 Å². The molecule has 0 saturated heterocycles. The number of ether oxygens (including phenoxy) is 1. The van der Waals surface area contributed by atoms with Crippen LogP contribution < -0.4 is 0 Å². The van der Waals surface area contributed by atoms with Gasteiger partial charge in [0.25, 0.3) is 0 Å². The smallest absolute Gasteiger partial charge is 0.357 e. The molecule has 2 aromatic heterocycles. The van der Waals surface area contributed by atoms with E-state index in [1.807, 2.05) is 19.9 Å². The molecule has 4 rings (SSSR count). The van der Waals surface area contributed by atoms with E-state index >= 15 is 0 Å². The topological polar surface area (TPSA) is 101 Å². The van der Waals surface area contributed by atoms with E-state index in [0.717, 1.165) is 17.5 Å². The molecule has 0 radical (unpaired) electrons. The van der Waals surface area contributed by atoms with Crippen molar-refractivity contribution in [1.82, 2.24) is 9.38 Å². The van der Waals surface area contributed by atoms with Gasteiger partial charge in [-0.15, -0.1) is 0 Å². The summed E-state index contributed by atoms with van der Waals surface area (Å²) in [6.45, 7) is 5.93. The molecular formula is C28H28N2O5. The molecule has 0 amide bonds. The number of pyridine rings is 1. The maximum Gasteiger partial charge on any atom is 0.357 e. The Labute approximate surface area is 203 Å². The maximum atomic E-state index is 12.9. The van der Waals surface area contributed by atoms with E-state index in [1.54, 1.807) is 65.9 Å². The van der Waals surface area contributed by atoms with Crippen molar-refractivity contribution in [1.29, 1.82) is 0 Å². The highest BCUT2D eigenvalue weighted by atomic mass is 16.5. The number of esters is 1. The van der Waals surface area contributed by atoms with Gasteiger partial charge in [0.1, 0.15) is 11.8 Å². The Morgan fingerprint density at radius 3 is 2.40 bits per heavy atom. The van der Waals surface area contributed by atoms with Gasteiger partial charge in [0.2, 0.25) is 0 Å². The lowest BCUT2D eigenvalue weighted by atomic mass is 9.97. The lowest BCUT2D eigenvalue weighted by Crippen LogP contribution is -2.15. The summed E-state index contributed by atoms with van der Waals surface area (Å²) in [4.78, 5) is 29.2. The van der Waals surface area contributed by atoms with E-state index in [2.05, 4.69) is 0 Å². The summed E-state index contributed by atoms with van der Waals surface area (Å²) in [6, 6.07) is 17.6. The van der Waals surface area contributed by atoms with E-state index < -0.39 is 18.0 Å². The van der Waals surface area contributed by atoms with Gasteiger partial charge in [-0.05, 0) is 54.7 Å². The number of carboxylic acid groups (broad SMARTS) is 1. The summed E-state index contributed by atoms with van der Waals surface area (Å²) in [5, 5.41) is 20.9. The van der Waals surface area contributed by atoms with Crippen LogP contribution in [-0.2, 0) is 11.2 Å². The number of benzene rings is 2. The fraction of sp³-hybridized carbons (Fsp3) is 0.250. The Morgan fingerprint density at radius 1 is 1.03 bits per heavy atom. The number of carboxylic acids is 1. The quantitative estimate of drug-likeness (QED) is 0.341. The van der Waals surface area contributed by atoms with Crippen LogP contribution in [-0.4, -0.2) is 38.1 Å². The molecule has 0 saturated carbocycles. The number of rotatable bonds is 8. The Morgan fingerprint density at radius 2 is 1.74 bits per heavy atom. The molecule has 180 valence electrons. The zero-order valence-corrected chi connectivity index (χ0v) is 20.0. The minimum Gasteiger partial charge on any atom is -0.478 e. The first kappa shape index (κ1) is 24.2. The Kier molecular flexibility index (Phi) is 6.98. The number of fused-ring (bicyclic) bond motifs is 1. The zero-order valence-electron chi connectivity index (χ0n) is 20.0. The van der Waals surface area contributed by atoms with Gasteiger partial charge >= 0.3 is 11.9 Å². The number of aryl methyl sites for hydroxylation is 2. The molecule has 7 nitrogen and oxygen atoms in total. The van der Waals surface area contributed by atoms with Crippen LogP contribution in [0.1, 0.15) is 69.7 Å². The normalized spacial score (nSPS) is 12.0. The van der Waals surface area contributed by atoms with Crippen LogP contribution in [0, 0.1) is 6.92 Å². The molecule has 2 heterocycles. The molecule has 1 unspecified atom stereocenters. The second-order valence-electron chi connectivity index (χ2n) is 8.35. The lowest BCUT2D eigenvalue weighted by Gasteiger charge is -2.17. The second-order valence-corrected chi connectivity index (χ2v) is 8.35. The molecule has 1 atom stereocenters. The van der Waals surface area contributed by atoms with Crippen molar-refractivity contribution >= 4 is 17.6 Å². The average Bonchev–Trinajstić information content (AvgIpc) is 3.24. The highest BCUT2D eigenvalue weighted by Gasteiger charge is 2.25. The number of aliphatic hydroxyl groups is 1. The highest BCUT2D eigenvalue weighted by molar-refractivity contribution is 5.96. The summed E-state index contributed by atoms with van der Waals surface area (Å²) < 4.78 is 7.03. The first-order valence-electron chi connectivity index (χ1n) is 11.7. The van der Waals surface area contributed by atoms with Gasteiger partial charge in [-0.25, -0.2) is 14.6 Å². The van der Waals surface area contributed by atoms with Gasteiger partial charge in [0.15, 0.2) is 5.69 Å². The zero-order chi connectivity index (χ0) is 25.1. The van der Waals surface area contributed by atoms with Gasteiger partial charge in [-0.3, -0.25) is 4.40 Å². The first-order valence-corrected chi connectivity index (χ1v) is 11.7. The van der Waals surface area contributed by atoms with E-state index in [4.69, 9.17) is 9.72 Å². The molecule has 0 spiro atoms. The Bertz CT molecular complexity index is 1390. The molecule has 0 bridgehead atoms. The summed E-state index contributed by atoms with van der Waals surface area (Å²) in [7, 11) is 0. The summed E-state index contributed by atoms with van der Waals surface area (Å²) in [6.07, 6.45) is 0.383. The van der Waals surface area contributed by atoms with Crippen molar-refractivity contribution in [3.63, 3.8) is 0 Å². The van der Waals surface area contributed by atoms with Crippen LogP contribution in [0.4, 0.5) is 0 Å². The molecule has 0 aliphatic carbocycles. The molecule has 2 N–H and O–H groups in total. The van der Waals surface area contributed by atoms with E-state index in [9.17, 15) is 19.8 Å². The molecule has 0 aliphatic heterocycles. The number of carbonyl (C=O) groups excluding carboxylic acids is 1. The molecule has 35 heavy (non-hydrogen) atoms. The Hall–Kier alpha value is -3.97. The number of aromatic carboxylic acids is 1. The molecule has 0 fully saturated rings. The number of imidazole rings is 1. The molecule has 0 aliphatic rings. The summed E-state index contributed by atoms with van der Waals surface area (Å²) in [5.41, 5.74) is 5.13. The standard InChI is InChI=1S/C28H28N2O5/c1-4-8-22-24(28(34)35-5-2)30-23(16-11-17(3)26(30)29-22)25(31)19-14-12-18(13-15-19)20-9-6-7-10-21(20)27(32)33/h6-7,9-16,25,31H,4-5,8H2,1-3H3,(H,32,33). The van der Waals surface area contributed by atoms with Gasteiger partial charge in [0.05, 0.1) is 23.6 Å². The van der Waals surface area contributed by atoms with Crippen molar-refractivity contribution < 1.29 is 24.5 Å². The Balaban J connectivity index is 1.80. The minimum atomic E-state index is -1.04. The number of hydrogen-bond acceptors (Lipinski definition) is 5. The van der Waals surface area contributed by atoms with Crippen molar-refractivity contribution in [2.45, 2.75) is 39.7 Å². The van der Waals surface area contributed by atoms with Crippen molar-refractivity contribution in [2.24, 2.45) is 0 Å². The molecular weight excluding hydrogens is 444 g/mol. The van der Waals surface area contributed by atoms with Crippen molar-refractivity contribution in [2.75, 3.05) is 6.61 Å². The highest BCUT2D eigenvalue weighted by Crippen LogP contribution is 2.30. The number of aromatic nitrogens is 2. The largest absolute Gasteiger partial charge is 0.478 e. The fourth-order valence-corrected chi connectivity index (χ4v) is 4.31. The SMILES string of the molecule is CCCc1nc2c(C)ccc(C(O)c3ccc(-c4ccccc4C(=O)O)cc3)n2c1C(=O)OCC. The number of aliphatic hydroxyl groups excluding tert-OH is 1. The van der Waals surface area contributed by atoms with Gasteiger partial charge in [-0.1, -0.05) is 61.9 Å². The summed E-state index contributed by atoms with van der Waals surface area (Å²) >= 11 is 0. The number of nitrogens with zero attached hydrogens (tertiary/aromatic N) is 2. The number of carbonyl (C=O) groups is 2. The van der Waals surface area contributed by atoms with Crippen LogP contribution in [0.5, 0.6) is 0 Å². The third-order valence-corrected chi connectivity index (χ3v) is 6.00. The lowest BCUT2D eigenvalue weighted by molar-refractivity contribution is 0.0515. The first-order chi connectivity index (χ1) is 16.9. The van der Waals surface area contributed by atoms with Crippen LogP contribution in [0.25, 0.3) is 16.8 Å². The molecule has 2 aromatic carbocycles. The van der Waals surface area contributed by atoms with Crippen molar-refractivity contribution in [3.05, 3.63) is 94.4 Å². The number of hydrogen-bond donors (Lipinski definition) is 2. The third-order valence-electron chi connectivity index (χ3n) is 6.00. The molecule has 4 aromatic rings. The second kappa shape index (κ2) is 10.1. The molecule has 7 heteroatoms. The minimum absolute atomic E-state index is 0.210. The van der Waals surface area contributed by atoms with Gasteiger partial charge in [-0.2, -0.15) is 0 Å². The van der Waals surface area contributed by atoms with Crippen LogP contribution in [0.3, 0.4) is 0 Å². The van der Waals surface area contributed by atoms with Gasteiger partial charge in [0, 0.05) is 0 Å². The van der Waals surface area contributed by atoms with E-state index in [0.29, 0.717) is 40.3 Å². The third kappa shape index (κ3) is 4.55. The summed E-state index contributed by atoms with van der Waals surface area (Å²) in [5.74, 6) is -1.47. The monoisotopic (exact) mass is 472 g/mol. The van der Waals surface area contributed by atoms with E-state index in [1.165, 1.54) is 0 Å². The van der Waals surface area contributed by atoms with Crippen LogP contribution in [0.2, 0.25) is 0 Å². The van der Waals surface area contributed by atoms with Crippen molar-refractivity contribution in [3.8, 4) is 11.1 Å². The van der Waals surface area contributed by atoms with Crippen LogP contribution in [0.15, 0.2) is 60.7 Å². The predicted octanol–water partition coefficient (Wildman–Crippen LogP) is 5.22.